The first kappa shape index (κ1) is 12.1. The predicted molar refractivity (Wildman–Crippen MR) is 78.3 cm³/mol. The number of halogens is 1. The molecule has 0 radical (unpaired) electrons. The summed E-state index contributed by atoms with van der Waals surface area (Å²) in [5.41, 5.74) is 2.29. The molecule has 0 atom stereocenters. The molecular formula is C15H12BrN3. The second-order valence-electron chi connectivity index (χ2n) is 4.26. The van der Waals surface area contributed by atoms with Crippen LogP contribution in [-0.2, 0) is 6.42 Å². The largest absolute Gasteiger partial charge is 0.285 e. The van der Waals surface area contributed by atoms with Crippen molar-refractivity contribution in [3.05, 3.63) is 76.8 Å². The molecule has 3 nitrogen and oxygen atoms in total. The van der Waals surface area contributed by atoms with E-state index in [-0.39, 0.29) is 0 Å². The van der Waals surface area contributed by atoms with Crippen molar-refractivity contribution in [1.29, 1.82) is 0 Å². The van der Waals surface area contributed by atoms with Crippen LogP contribution in [-0.4, -0.2) is 14.8 Å². The minimum absolute atomic E-state index is 0.758. The van der Waals surface area contributed by atoms with Crippen LogP contribution in [0.1, 0.15) is 11.4 Å². The molecule has 4 heteroatoms. The fourth-order valence-corrected chi connectivity index (χ4v) is 2.46. The summed E-state index contributed by atoms with van der Waals surface area (Å²) in [6.45, 7) is 0. The Bertz CT molecular complexity index is 677. The Labute approximate surface area is 120 Å². The molecule has 3 aromatic rings. The van der Waals surface area contributed by atoms with Crippen LogP contribution in [0.2, 0.25) is 0 Å². The molecule has 3 rings (SSSR count). The van der Waals surface area contributed by atoms with Crippen LogP contribution in [0.15, 0.2) is 65.4 Å². The topological polar surface area (TPSA) is 30.7 Å². The molecule has 1 heterocycles. The smallest absolute Gasteiger partial charge is 0.141 e. The number of hydrogen-bond acceptors (Lipinski definition) is 2. The van der Waals surface area contributed by atoms with Gasteiger partial charge < -0.3 is 0 Å². The summed E-state index contributed by atoms with van der Waals surface area (Å²) in [5.74, 6) is 0.935. The van der Waals surface area contributed by atoms with E-state index in [2.05, 4.69) is 38.3 Å². The maximum Gasteiger partial charge on any atom is 0.141 e. The van der Waals surface area contributed by atoms with E-state index in [0.717, 1.165) is 22.4 Å². The number of hydrogen-bond donors (Lipinski definition) is 0. The highest BCUT2D eigenvalue weighted by Gasteiger charge is 2.07. The van der Waals surface area contributed by atoms with Gasteiger partial charge in [0.2, 0.25) is 0 Å². The van der Waals surface area contributed by atoms with Gasteiger partial charge in [0.1, 0.15) is 12.2 Å². The first-order chi connectivity index (χ1) is 9.33. The Kier molecular flexibility index (Phi) is 3.42. The minimum Gasteiger partial charge on any atom is -0.285 e. The van der Waals surface area contributed by atoms with Gasteiger partial charge in [-0.05, 0) is 29.8 Å². The van der Waals surface area contributed by atoms with E-state index >= 15 is 0 Å². The first-order valence-corrected chi connectivity index (χ1v) is 6.81. The fraction of sp³-hybridized carbons (Fsp3) is 0.0667. The highest BCUT2D eigenvalue weighted by molar-refractivity contribution is 9.10. The van der Waals surface area contributed by atoms with E-state index in [1.807, 2.05) is 47.0 Å². The average Bonchev–Trinajstić information content (AvgIpc) is 2.88. The van der Waals surface area contributed by atoms with Crippen LogP contribution in [0.5, 0.6) is 0 Å². The molecule has 0 aliphatic carbocycles. The maximum absolute atomic E-state index is 4.22. The van der Waals surface area contributed by atoms with Gasteiger partial charge in [-0.1, -0.05) is 46.3 Å². The van der Waals surface area contributed by atoms with Crippen LogP contribution >= 0.6 is 15.9 Å². The third-order valence-corrected chi connectivity index (χ3v) is 3.40. The fourth-order valence-electron chi connectivity index (χ4n) is 2.01. The Morgan fingerprint density at radius 1 is 1.00 bits per heavy atom. The molecule has 0 saturated carbocycles. The first-order valence-electron chi connectivity index (χ1n) is 6.02. The van der Waals surface area contributed by atoms with Gasteiger partial charge in [0.25, 0.3) is 0 Å². The predicted octanol–water partition coefficient (Wildman–Crippen LogP) is 3.62. The normalized spacial score (nSPS) is 10.6. The minimum atomic E-state index is 0.758. The molecule has 0 spiro atoms. The third kappa shape index (κ3) is 2.74. The summed E-state index contributed by atoms with van der Waals surface area (Å²) < 4.78 is 3.09. The second-order valence-corrected chi connectivity index (χ2v) is 5.18. The summed E-state index contributed by atoms with van der Waals surface area (Å²) in [7, 11) is 0. The maximum atomic E-state index is 4.22. The molecule has 0 aliphatic heterocycles. The summed E-state index contributed by atoms with van der Waals surface area (Å²) >= 11 is 3.49. The summed E-state index contributed by atoms with van der Waals surface area (Å²) in [4.78, 5) is 0. The van der Waals surface area contributed by atoms with Crippen molar-refractivity contribution in [3.63, 3.8) is 0 Å². The quantitative estimate of drug-likeness (QED) is 0.739. The molecule has 0 saturated heterocycles. The van der Waals surface area contributed by atoms with Gasteiger partial charge in [0, 0.05) is 16.6 Å². The average molecular weight is 314 g/mol. The monoisotopic (exact) mass is 313 g/mol. The molecular weight excluding hydrogens is 302 g/mol. The standard InChI is InChI=1S/C15H12BrN3/c16-13-6-4-5-12(9-13)10-15-18-17-11-19(15)14-7-2-1-3-8-14/h1-9,11H,10H2. The zero-order chi connectivity index (χ0) is 13.1. The Hall–Kier alpha value is -1.94. The molecule has 19 heavy (non-hydrogen) atoms. The van der Waals surface area contributed by atoms with E-state index in [0.29, 0.717) is 0 Å². The summed E-state index contributed by atoms with van der Waals surface area (Å²) in [6.07, 6.45) is 2.51. The van der Waals surface area contributed by atoms with E-state index in [1.165, 1.54) is 5.56 Å². The van der Waals surface area contributed by atoms with Crippen LogP contribution in [0, 0.1) is 0 Å². The Morgan fingerprint density at radius 3 is 2.63 bits per heavy atom. The van der Waals surface area contributed by atoms with Crippen LogP contribution < -0.4 is 0 Å². The molecule has 0 aliphatic rings. The van der Waals surface area contributed by atoms with Gasteiger partial charge in [0.15, 0.2) is 0 Å². The van der Waals surface area contributed by atoms with Crippen LogP contribution in [0.4, 0.5) is 0 Å². The van der Waals surface area contributed by atoms with Crippen LogP contribution in [0.3, 0.4) is 0 Å². The van der Waals surface area contributed by atoms with Crippen molar-refractivity contribution in [2.24, 2.45) is 0 Å². The lowest BCUT2D eigenvalue weighted by atomic mass is 10.1. The van der Waals surface area contributed by atoms with Gasteiger partial charge >= 0.3 is 0 Å². The lowest BCUT2D eigenvalue weighted by Gasteiger charge is -2.06. The van der Waals surface area contributed by atoms with E-state index in [9.17, 15) is 0 Å². The summed E-state index contributed by atoms with van der Waals surface area (Å²) in [6, 6.07) is 18.4. The zero-order valence-electron chi connectivity index (χ0n) is 10.2. The Balaban J connectivity index is 1.93. The number of rotatable bonds is 3. The summed E-state index contributed by atoms with van der Waals surface area (Å²) in [5, 5.41) is 8.23. The van der Waals surface area contributed by atoms with Crippen molar-refractivity contribution in [1.82, 2.24) is 14.8 Å². The molecule has 0 fully saturated rings. The number of benzene rings is 2. The lowest BCUT2D eigenvalue weighted by molar-refractivity contribution is 0.905. The SMILES string of the molecule is Brc1cccc(Cc2nncn2-c2ccccc2)c1. The lowest BCUT2D eigenvalue weighted by Crippen LogP contribution is -2.01. The van der Waals surface area contributed by atoms with E-state index in [4.69, 9.17) is 0 Å². The second kappa shape index (κ2) is 5.36. The highest BCUT2D eigenvalue weighted by Crippen LogP contribution is 2.16. The van der Waals surface area contributed by atoms with Crippen molar-refractivity contribution in [3.8, 4) is 5.69 Å². The molecule has 94 valence electrons. The zero-order valence-corrected chi connectivity index (χ0v) is 11.8. The highest BCUT2D eigenvalue weighted by atomic mass is 79.9. The van der Waals surface area contributed by atoms with Crippen molar-refractivity contribution < 1.29 is 0 Å². The number of para-hydroxylation sites is 1. The molecule has 1 aromatic heterocycles. The molecule has 0 bridgehead atoms. The number of aromatic nitrogens is 3. The van der Waals surface area contributed by atoms with E-state index in [1.54, 1.807) is 6.33 Å². The van der Waals surface area contributed by atoms with E-state index < -0.39 is 0 Å². The van der Waals surface area contributed by atoms with Gasteiger partial charge in [0.05, 0.1) is 0 Å². The van der Waals surface area contributed by atoms with Crippen LogP contribution in [0.25, 0.3) is 5.69 Å². The van der Waals surface area contributed by atoms with Gasteiger partial charge in [-0.25, -0.2) is 0 Å². The van der Waals surface area contributed by atoms with Crippen molar-refractivity contribution in [2.45, 2.75) is 6.42 Å². The number of nitrogens with zero attached hydrogens (tertiary/aromatic N) is 3. The van der Waals surface area contributed by atoms with Crippen molar-refractivity contribution in [2.75, 3.05) is 0 Å². The third-order valence-electron chi connectivity index (χ3n) is 2.90. The molecule has 0 N–H and O–H groups in total. The van der Waals surface area contributed by atoms with Gasteiger partial charge in [-0.2, -0.15) is 0 Å². The van der Waals surface area contributed by atoms with Gasteiger partial charge in [-0.3, -0.25) is 4.57 Å². The van der Waals surface area contributed by atoms with Gasteiger partial charge in [-0.15, -0.1) is 10.2 Å². The molecule has 2 aromatic carbocycles. The molecule has 0 unspecified atom stereocenters. The molecule has 0 amide bonds. The Morgan fingerprint density at radius 2 is 1.84 bits per heavy atom. The van der Waals surface area contributed by atoms with Crippen molar-refractivity contribution >= 4 is 15.9 Å².